The molecule has 21 heavy (non-hydrogen) atoms. The van der Waals surface area contributed by atoms with E-state index in [0.717, 1.165) is 32.1 Å². The van der Waals surface area contributed by atoms with Gasteiger partial charge in [-0.2, -0.15) is 0 Å². The number of hydrogen-bond acceptors (Lipinski definition) is 2. The Morgan fingerprint density at radius 1 is 1.38 bits per heavy atom. The molecule has 1 aliphatic heterocycles. The molecule has 1 atom stereocenters. The molecule has 2 fully saturated rings. The van der Waals surface area contributed by atoms with Crippen molar-refractivity contribution < 1.29 is 9.18 Å². The summed E-state index contributed by atoms with van der Waals surface area (Å²) in [4.78, 5) is 14.7. The average molecular weight is 311 g/mol. The normalized spacial score (nSPS) is 33.0. The Bertz CT molecular complexity index is 569. The Kier molecular flexibility index (Phi) is 3.70. The van der Waals surface area contributed by atoms with Crippen LogP contribution in [0.5, 0.6) is 0 Å². The van der Waals surface area contributed by atoms with E-state index in [1.807, 2.05) is 6.92 Å². The van der Waals surface area contributed by atoms with E-state index in [1.165, 1.54) is 12.1 Å². The van der Waals surface area contributed by atoms with Gasteiger partial charge >= 0.3 is 0 Å². The topological polar surface area (TPSA) is 46.3 Å². The van der Waals surface area contributed by atoms with Gasteiger partial charge in [-0.25, -0.2) is 4.39 Å². The maximum absolute atomic E-state index is 13.2. The van der Waals surface area contributed by atoms with E-state index in [0.29, 0.717) is 10.7 Å². The Morgan fingerprint density at radius 3 is 2.67 bits per heavy atom. The summed E-state index contributed by atoms with van der Waals surface area (Å²) in [5.74, 6) is -0.267. The lowest BCUT2D eigenvalue weighted by atomic mass is 9.71. The molecular formula is C16H20ClFN2O. The summed E-state index contributed by atoms with van der Waals surface area (Å²) in [5.41, 5.74) is 6.28. The standard InChI is InChI=1S/C16H20ClFN2O/c1-10-9-16(6-4-12(19)5-7-16)15(21)20(10)14-3-2-11(18)8-13(14)17/h2-3,8,10,12H,4-7,9,19H2,1H3. The molecule has 2 N–H and O–H groups in total. The lowest BCUT2D eigenvalue weighted by Gasteiger charge is -2.34. The van der Waals surface area contributed by atoms with E-state index in [4.69, 9.17) is 17.3 Å². The van der Waals surface area contributed by atoms with Crippen LogP contribution in [0.2, 0.25) is 5.02 Å². The Hall–Kier alpha value is -1.13. The smallest absolute Gasteiger partial charge is 0.233 e. The van der Waals surface area contributed by atoms with Gasteiger partial charge in [0.15, 0.2) is 0 Å². The summed E-state index contributed by atoms with van der Waals surface area (Å²) >= 11 is 6.14. The van der Waals surface area contributed by atoms with Crippen LogP contribution in [-0.4, -0.2) is 18.0 Å². The van der Waals surface area contributed by atoms with Crippen molar-refractivity contribution in [2.45, 2.75) is 51.1 Å². The summed E-state index contributed by atoms with van der Waals surface area (Å²) in [6, 6.07) is 4.50. The zero-order chi connectivity index (χ0) is 15.2. The number of halogens is 2. The number of amides is 1. The first kappa shape index (κ1) is 14.8. The van der Waals surface area contributed by atoms with Gasteiger partial charge < -0.3 is 10.6 Å². The fourth-order valence-corrected chi connectivity index (χ4v) is 4.09. The maximum Gasteiger partial charge on any atom is 0.233 e. The van der Waals surface area contributed by atoms with Crippen LogP contribution < -0.4 is 10.6 Å². The summed E-state index contributed by atoms with van der Waals surface area (Å²) in [7, 11) is 0. The zero-order valence-electron chi connectivity index (χ0n) is 12.1. The Balaban J connectivity index is 1.92. The van der Waals surface area contributed by atoms with E-state index in [-0.39, 0.29) is 29.2 Å². The monoisotopic (exact) mass is 310 g/mol. The van der Waals surface area contributed by atoms with Gasteiger partial charge in [0.1, 0.15) is 5.82 Å². The molecule has 0 aromatic heterocycles. The number of benzene rings is 1. The van der Waals surface area contributed by atoms with Crippen LogP contribution in [0.15, 0.2) is 18.2 Å². The fourth-order valence-electron chi connectivity index (χ4n) is 3.83. The molecule has 5 heteroatoms. The highest BCUT2D eigenvalue weighted by Crippen LogP contribution is 2.49. The van der Waals surface area contributed by atoms with Gasteiger partial charge in [0.25, 0.3) is 0 Å². The van der Waals surface area contributed by atoms with E-state index >= 15 is 0 Å². The summed E-state index contributed by atoms with van der Waals surface area (Å²) in [6.45, 7) is 2.03. The third-order valence-electron chi connectivity index (χ3n) is 4.96. The zero-order valence-corrected chi connectivity index (χ0v) is 12.9. The molecule has 1 spiro atoms. The van der Waals surface area contributed by atoms with Crippen molar-refractivity contribution in [2.24, 2.45) is 11.1 Å². The van der Waals surface area contributed by atoms with Crippen molar-refractivity contribution in [3.63, 3.8) is 0 Å². The largest absolute Gasteiger partial charge is 0.328 e. The third kappa shape index (κ3) is 2.44. The predicted molar refractivity (Wildman–Crippen MR) is 81.9 cm³/mol. The molecule has 3 nitrogen and oxygen atoms in total. The average Bonchev–Trinajstić information content (AvgIpc) is 2.66. The highest BCUT2D eigenvalue weighted by molar-refractivity contribution is 6.34. The minimum Gasteiger partial charge on any atom is -0.328 e. The summed E-state index contributed by atoms with van der Waals surface area (Å²) < 4.78 is 13.2. The first-order chi connectivity index (χ1) is 9.93. The summed E-state index contributed by atoms with van der Waals surface area (Å²) in [5, 5.41) is 0.291. The van der Waals surface area contributed by atoms with Gasteiger partial charge in [0, 0.05) is 12.1 Å². The molecule has 1 saturated heterocycles. The molecule has 0 radical (unpaired) electrons. The first-order valence-electron chi connectivity index (χ1n) is 7.47. The molecule has 1 amide bonds. The van der Waals surface area contributed by atoms with Crippen LogP contribution in [0.25, 0.3) is 0 Å². The molecule has 2 aliphatic rings. The van der Waals surface area contributed by atoms with E-state index < -0.39 is 0 Å². The molecule has 1 aliphatic carbocycles. The van der Waals surface area contributed by atoms with E-state index in [2.05, 4.69) is 0 Å². The van der Waals surface area contributed by atoms with Gasteiger partial charge in [0.05, 0.1) is 16.1 Å². The molecule has 0 bridgehead atoms. The second-order valence-electron chi connectivity index (χ2n) is 6.44. The number of carbonyl (C=O) groups is 1. The molecule has 114 valence electrons. The number of rotatable bonds is 1. The number of hydrogen-bond donors (Lipinski definition) is 1. The second kappa shape index (κ2) is 5.25. The van der Waals surface area contributed by atoms with E-state index in [1.54, 1.807) is 11.0 Å². The molecule has 3 rings (SSSR count). The molecule has 1 unspecified atom stereocenters. The fraction of sp³-hybridized carbons (Fsp3) is 0.562. The third-order valence-corrected chi connectivity index (χ3v) is 5.26. The number of nitrogens with zero attached hydrogens (tertiary/aromatic N) is 1. The van der Waals surface area contributed by atoms with Crippen molar-refractivity contribution >= 4 is 23.2 Å². The van der Waals surface area contributed by atoms with Gasteiger partial charge in [-0.05, 0) is 57.2 Å². The van der Waals surface area contributed by atoms with Crippen LogP contribution in [0, 0.1) is 11.2 Å². The van der Waals surface area contributed by atoms with Crippen LogP contribution in [0.3, 0.4) is 0 Å². The van der Waals surface area contributed by atoms with Gasteiger partial charge in [-0.3, -0.25) is 4.79 Å². The Morgan fingerprint density at radius 2 is 2.05 bits per heavy atom. The van der Waals surface area contributed by atoms with Crippen LogP contribution >= 0.6 is 11.6 Å². The molecule has 1 heterocycles. The van der Waals surface area contributed by atoms with Crippen molar-refractivity contribution in [3.05, 3.63) is 29.0 Å². The molecular weight excluding hydrogens is 291 g/mol. The highest BCUT2D eigenvalue weighted by atomic mass is 35.5. The van der Waals surface area contributed by atoms with Crippen LogP contribution in [0.4, 0.5) is 10.1 Å². The lowest BCUT2D eigenvalue weighted by Crippen LogP contribution is -2.41. The van der Waals surface area contributed by atoms with Crippen molar-refractivity contribution in [3.8, 4) is 0 Å². The highest BCUT2D eigenvalue weighted by Gasteiger charge is 2.51. The molecule has 1 saturated carbocycles. The van der Waals surface area contributed by atoms with Crippen molar-refractivity contribution in [1.82, 2.24) is 0 Å². The van der Waals surface area contributed by atoms with E-state index in [9.17, 15) is 9.18 Å². The van der Waals surface area contributed by atoms with Crippen molar-refractivity contribution in [2.75, 3.05) is 4.90 Å². The van der Waals surface area contributed by atoms with Crippen LogP contribution in [0.1, 0.15) is 39.0 Å². The minimum absolute atomic E-state index is 0.0785. The van der Waals surface area contributed by atoms with Gasteiger partial charge in [0.2, 0.25) is 5.91 Å². The van der Waals surface area contributed by atoms with Crippen molar-refractivity contribution in [1.29, 1.82) is 0 Å². The maximum atomic E-state index is 13.2. The Labute approximate surface area is 129 Å². The van der Waals surface area contributed by atoms with Gasteiger partial charge in [-0.1, -0.05) is 11.6 Å². The lowest BCUT2D eigenvalue weighted by molar-refractivity contribution is -0.127. The minimum atomic E-state index is -0.388. The molecule has 1 aromatic carbocycles. The first-order valence-corrected chi connectivity index (χ1v) is 7.85. The van der Waals surface area contributed by atoms with Crippen LogP contribution in [-0.2, 0) is 4.79 Å². The summed E-state index contributed by atoms with van der Waals surface area (Å²) in [6.07, 6.45) is 4.29. The number of nitrogens with two attached hydrogens (primary N) is 1. The quantitative estimate of drug-likeness (QED) is 0.863. The second-order valence-corrected chi connectivity index (χ2v) is 6.85. The van der Waals surface area contributed by atoms with Gasteiger partial charge in [-0.15, -0.1) is 0 Å². The predicted octanol–water partition coefficient (Wildman–Crippen LogP) is 3.49. The SMILES string of the molecule is CC1CC2(CCC(N)CC2)C(=O)N1c1ccc(F)cc1Cl. The number of anilines is 1. The number of carbonyl (C=O) groups excluding carboxylic acids is 1. The molecule has 1 aromatic rings.